The number of carbonyl (C=O) groups excluding carboxylic acids is 1. The molecule has 114 valence electrons. The highest BCUT2D eigenvalue weighted by atomic mass is 16.6. The quantitative estimate of drug-likeness (QED) is 0.653. The largest absolute Gasteiger partial charge is 0.445 e. The van der Waals surface area contributed by atoms with E-state index in [1.807, 2.05) is 30.3 Å². The number of hydrogen-bond donors (Lipinski definition) is 1. The Labute approximate surface area is 127 Å². The Bertz CT molecular complexity index is 629. The molecule has 2 rings (SSSR count). The molecule has 0 radical (unpaired) electrons. The van der Waals surface area contributed by atoms with E-state index in [-0.39, 0.29) is 12.3 Å². The number of nitrogens with zero attached hydrogens (tertiary/aromatic N) is 2. The van der Waals surface area contributed by atoms with Crippen molar-refractivity contribution in [2.24, 2.45) is 0 Å². The van der Waals surface area contributed by atoms with Crippen molar-refractivity contribution in [3.8, 4) is 0 Å². The third-order valence-electron chi connectivity index (χ3n) is 2.88. The van der Waals surface area contributed by atoms with Crippen LogP contribution in [0.2, 0.25) is 0 Å². The summed E-state index contributed by atoms with van der Waals surface area (Å²) in [6.45, 7) is 0.556. The Balaban J connectivity index is 1.69. The van der Waals surface area contributed by atoms with Gasteiger partial charge in [0.1, 0.15) is 12.8 Å². The molecular weight excluding hydrogens is 286 g/mol. The van der Waals surface area contributed by atoms with Crippen LogP contribution in [0.5, 0.6) is 0 Å². The van der Waals surface area contributed by atoms with Crippen LogP contribution in [0.3, 0.4) is 0 Å². The van der Waals surface area contributed by atoms with E-state index >= 15 is 0 Å². The average Bonchev–Trinajstić information content (AvgIpc) is 2.54. The van der Waals surface area contributed by atoms with Crippen molar-refractivity contribution in [3.05, 3.63) is 70.0 Å². The van der Waals surface area contributed by atoms with Crippen molar-refractivity contribution in [2.45, 2.75) is 13.0 Å². The summed E-state index contributed by atoms with van der Waals surface area (Å²) in [5, 5.41) is 13.1. The number of alkyl carbamates (subject to hydrolysis) is 1. The van der Waals surface area contributed by atoms with Crippen molar-refractivity contribution in [2.75, 3.05) is 6.54 Å². The summed E-state index contributed by atoms with van der Waals surface area (Å²) in [5.41, 5.74) is 1.52. The highest BCUT2D eigenvalue weighted by Gasteiger charge is 2.06. The minimum Gasteiger partial charge on any atom is -0.445 e. The Hall–Kier alpha value is -2.96. The van der Waals surface area contributed by atoms with Crippen LogP contribution in [0.15, 0.2) is 48.7 Å². The lowest BCUT2D eigenvalue weighted by atomic mass is 10.2. The molecule has 0 saturated heterocycles. The number of nitrogens with one attached hydrogen (secondary N) is 1. The lowest BCUT2D eigenvalue weighted by Crippen LogP contribution is -2.26. The standard InChI is InChI=1S/C15H15N3O4/c19-15(22-11-12-4-2-1-3-5-12)16-9-8-13-6-7-14(10-17-13)18(20)21/h1-7,10H,8-9,11H2,(H,16,19). The molecule has 7 nitrogen and oxygen atoms in total. The number of hydrogen-bond acceptors (Lipinski definition) is 5. The van der Waals surface area contributed by atoms with E-state index in [4.69, 9.17) is 4.74 Å². The first-order chi connectivity index (χ1) is 10.6. The number of aromatic nitrogens is 1. The van der Waals surface area contributed by atoms with E-state index in [9.17, 15) is 14.9 Å². The minimum atomic E-state index is -0.509. The molecule has 0 atom stereocenters. The molecule has 0 spiro atoms. The van der Waals surface area contributed by atoms with E-state index in [0.717, 1.165) is 5.56 Å². The lowest BCUT2D eigenvalue weighted by molar-refractivity contribution is -0.385. The number of rotatable bonds is 6. The molecule has 0 aliphatic carbocycles. The Kier molecular flexibility index (Phi) is 5.42. The molecule has 0 aliphatic rings. The van der Waals surface area contributed by atoms with Crippen LogP contribution in [0.4, 0.5) is 10.5 Å². The third kappa shape index (κ3) is 4.86. The van der Waals surface area contributed by atoms with Gasteiger partial charge in [0.05, 0.1) is 4.92 Å². The predicted molar refractivity (Wildman–Crippen MR) is 79.2 cm³/mol. The van der Waals surface area contributed by atoms with Gasteiger partial charge in [-0.05, 0) is 11.6 Å². The minimum absolute atomic E-state index is 0.0565. The molecule has 7 heteroatoms. The zero-order valence-corrected chi connectivity index (χ0v) is 11.8. The van der Waals surface area contributed by atoms with Crippen LogP contribution < -0.4 is 5.32 Å². The molecule has 0 fully saturated rings. The molecule has 1 heterocycles. The van der Waals surface area contributed by atoms with Gasteiger partial charge in [0.25, 0.3) is 5.69 Å². The van der Waals surface area contributed by atoms with E-state index in [2.05, 4.69) is 10.3 Å². The van der Waals surface area contributed by atoms with Crippen molar-refractivity contribution in [1.29, 1.82) is 0 Å². The molecular formula is C15H15N3O4. The summed E-state index contributed by atoms with van der Waals surface area (Å²) in [6.07, 6.45) is 1.16. The molecule has 0 aliphatic heterocycles. The molecule has 0 bridgehead atoms. The summed E-state index contributed by atoms with van der Waals surface area (Å²) in [4.78, 5) is 25.5. The van der Waals surface area contributed by atoms with E-state index < -0.39 is 11.0 Å². The second kappa shape index (κ2) is 7.72. The maximum atomic E-state index is 11.5. The van der Waals surface area contributed by atoms with Crippen molar-refractivity contribution in [1.82, 2.24) is 10.3 Å². The Morgan fingerprint density at radius 3 is 2.64 bits per heavy atom. The van der Waals surface area contributed by atoms with Crippen LogP contribution in [-0.2, 0) is 17.8 Å². The number of carbonyl (C=O) groups is 1. The van der Waals surface area contributed by atoms with Crippen molar-refractivity contribution in [3.63, 3.8) is 0 Å². The zero-order valence-electron chi connectivity index (χ0n) is 11.8. The molecule has 1 amide bonds. The summed E-state index contributed by atoms with van der Waals surface area (Å²) in [5.74, 6) is 0. The highest BCUT2D eigenvalue weighted by molar-refractivity contribution is 5.67. The lowest BCUT2D eigenvalue weighted by Gasteiger charge is -2.06. The first-order valence-electron chi connectivity index (χ1n) is 6.69. The van der Waals surface area contributed by atoms with Gasteiger partial charge in [-0.1, -0.05) is 30.3 Å². The Morgan fingerprint density at radius 1 is 1.23 bits per heavy atom. The number of pyridine rings is 1. The maximum absolute atomic E-state index is 11.5. The number of ether oxygens (including phenoxy) is 1. The van der Waals surface area contributed by atoms with Gasteiger partial charge < -0.3 is 10.1 Å². The van der Waals surface area contributed by atoms with Crippen LogP contribution >= 0.6 is 0 Å². The first kappa shape index (κ1) is 15.4. The van der Waals surface area contributed by atoms with Crippen LogP contribution in [-0.4, -0.2) is 22.5 Å². The monoisotopic (exact) mass is 301 g/mol. The fourth-order valence-corrected chi connectivity index (χ4v) is 1.74. The molecule has 1 aromatic heterocycles. The van der Waals surface area contributed by atoms with Gasteiger partial charge in [0, 0.05) is 24.7 Å². The smallest absolute Gasteiger partial charge is 0.407 e. The summed E-state index contributed by atoms with van der Waals surface area (Å²) < 4.78 is 5.06. The molecule has 2 aromatic rings. The fourth-order valence-electron chi connectivity index (χ4n) is 1.74. The van der Waals surface area contributed by atoms with Gasteiger partial charge in [-0.25, -0.2) is 4.79 Å². The van der Waals surface area contributed by atoms with Crippen LogP contribution in [0.25, 0.3) is 0 Å². The molecule has 1 N–H and O–H groups in total. The van der Waals surface area contributed by atoms with Gasteiger partial charge >= 0.3 is 6.09 Å². The molecule has 0 saturated carbocycles. The van der Waals surface area contributed by atoms with Gasteiger partial charge in [0.15, 0.2) is 0 Å². The van der Waals surface area contributed by atoms with Crippen molar-refractivity contribution < 1.29 is 14.5 Å². The van der Waals surface area contributed by atoms with E-state index in [1.165, 1.54) is 12.3 Å². The van der Waals surface area contributed by atoms with E-state index in [0.29, 0.717) is 18.7 Å². The predicted octanol–water partition coefficient (Wildman–Crippen LogP) is 2.46. The molecule has 0 unspecified atom stereocenters. The number of nitro groups is 1. The van der Waals surface area contributed by atoms with Crippen LogP contribution in [0.1, 0.15) is 11.3 Å². The van der Waals surface area contributed by atoms with Gasteiger partial charge in [-0.15, -0.1) is 0 Å². The maximum Gasteiger partial charge on any atom is 0.407 e. The summed E-state index contributed by atoms with van der Waals surface area (Å²) in [7, 11) is 0. The fraction of sp³-hybridized carbons (Fsp3) is 0.200. The number of benzene rings is 1. The summed E-state index contributed by atoms with van der Waals surface area (Å²) >= 11 is 0. The highest BCUT2D eigenvalue weighted by Crippen LogP contribution is 2.08. The topological polar surface area (TPSA) is 94.4 Å². The Morgan fingerprint density at radius 2 is 2.00 bits per heavy atom. The van der Waals surface area contributed by atoms with Gasteiger partial charge in [0.2, 0.25) is 0 Å². The molecule has 1 aromatic carbocycles. The second-order valence-electron chi connectivity index (χ2n) is 4.50. The third-order valence-corrected chi connectivity index (χ3v) is 2.88. The number of amides is 1. The molecule has 22 heavy (non-hydrogen) atoms. The van der Waals surface area contributed by atoms with Crippen LogP contribution in [0, 0.1) is 10.1 Å². The average molecular weight is 301 g/mol. The SMILES string of the molecule is O=C(NCCc1ccc([N+](=O)[O-])cn1)OCc1ccccc1. The summed E-state index contributed by atoms with van der Waals surface area (Å²) in [6, 6.07) is 12.3. The normalized spacial score (nSPS) is 10.0. The first-order valence-corrected chi connectivity index (χ1v) is 6.69. The van der Waals surface area contributed by atoms with Gasteiger partial charge in [-0.2, -0.15) is 0 Å². The zero-order chi connectivity index (χ0) is 15.8. The van der Waals surface area contributed by atoms with Crippen molar-refractivity contribution >= 4 is 11.8 Å². The van der Waals surface area contributed by atoms with Gasteiger partial charge in [-0.3, -0.25) is 15.1 Å². The van der Waals surface area contributed by atoms with E-state index in [1.54, 1.807) is 6.07 Å². The second-order valence-corrected chi connectivity index (χ2v) is 4.50.